The molecular formula is C13H17BrF3N. The van der Waals surface area contributed by atoms with Gasteiger partial charge in [-0.1, -0.05) is 41.1 Å². The smallest absolute Gasteiger partial charge is 0.314 e. The van der Waals surface area contributed by atoms with Crippen LogP contribution in [-0.4, -0.2) is 18.8 Å². The van der Waals surface area contributed by atoms with Gasteiger partial charge in [-0.3, -0.25) is 0 Å². The van der Waals surface area contributed by atoms with Crippen LogP contribution in [0.2, 0.25) is 0 Å². The molecule has 0 amide bonds. The van der Waals surface area contributed by atoms with Crippen LogP contribution < -0.4 is 5.32 Å². The van der Waals surface area contributed by atoms with Gasteiger partial charge in [0.15, 0.2) is 0 Å². The average Bonchev–Trinajstić information content (AvgIpc) is 2.28. The first kappa shape index (κ1) is 15.5. The number of halogens is 4. The highest BCUT2D eigenvalue weighted by Gasteiger charge is 2.28. The fraction of sp³-hybridized carbons (Fsp3) is 0.538. The van der Waals surface area contributed by atoms with Gasteiger partial charge in [0.25, 0.3) is 0 Å². The number of likely N-dealkylation sites (N-methyl/N-ethyl adjacent to an activating group) is 1. The summed E-state index contributed by atoms with van der Waals surface area (Å²) in [4.78, 5) is 0. The summed E-state index contributed by atoms with van der Waals surface area (Å²) in [6.07, 6.45) is -4.11. The SMILES string of the molecule is CCNC(CCC(F)(F)F)Cc1ccccc1Br. The molecule has 0 bridgehead atoms. The number of rotatable bonds is 6. The zero-order valence-corrected chi connectivity index (χ0v) is 11.8. The Hall–Kier alpha value is -0.550. The van der Waals surface area contributed by atoms with Crippen molar-refractivity contribution in [2.75, 3.05) is 6.54 Å². The first-order valence-corrected chi connectivity index (χ1v) is 6.75. The predicted octanol–water partition coefficient (Wildman–Crippen LogP) is 4.31. The number of benzene rings is 1. The summed E-state index contributed by atoms with van der Waals surface area (Å²) in [5.74, 6) is 0. The molecule has 102 valence electrons. The van der Waals surface area contributed by atoms with Crippen LogP contribution >= 0.6 is 15.9 Å². The van der Waals surface area contributed by atoms with Crippen LogP contribution in [0.4, 0.5) is 13.2 Å². The molecule has 1 atom stereocenters. The molecule has 0 aliphatic carbocycles. The van der Waals surface area contributed by atoms with Crippen LogP contribution in [0.25, 0.3) is 0 Å². The second kappa shape index (κ2) is 7.14. The normalized spacial score (nSPS) is 13.6. The van der Waals surface area contributed by atoms with Crippen LogP contribution in [0.1, 0.15) is 25.3 Å². The van der Waals surface area contributed by atoms with E-state index >= 15 is 0 Å². The third-order valence-electron chi connectivity index (χ3n) is 2.69. The van der Waals surface area contributed by atoms with Gasteiger partial charge in [-0.15, -0.1) is 0 Å². The molecule has 0 aliphatic heterocycles. The summed E-state index contributed by atoms with van der Waals surface area (Å²) in [6, 6.07) is 7.48. The van der Waals surface area contributed by atoms with E-state index in [0.717, 1.165) is 10.0 Å². The van der Waals surface area contributed by atoms with Crippen molar-refractivity contribution in [2.45, 2.75) is 38.4 Å². The Balaban J connectivity index is 2.60. The molecule has 1 aromatic carbocycles. The van der Waals surface area contributed by atoms with Gasteiger partial charge in [0.2, 0.25) is 0 Å². The number of alkyl halides is 3. The van der Waals surface area contributed by atoms with E-state index in [0.29, 0.717) is 13.0 Å². The Labute approximate surface area is 114 Å². The van der Waals surface area contributed by atoms with Crippen LogP contribution in [0.5, 0.6) is 0 Å². The van der Waals surface area contributed by atoms with Crippen molar-refractivity contribution < 1.29 is 13.2 Å². The van der Waals surface area contributed by atoms with Gasteiger partial charge in [-0.2, -0.15) is 13.2 Å². The topological polar surface area (TPSA) is 12.0 Å². The van der Waals surface area contributed by atoms with Gasteiger partial charge in [0.1, 0.15) is 0 Å². The molecule has 0 heterocycles. The van der Waals surface area contributed by atoms with Crippen molar-refractivity contribution >= 4 is 15.9 Å². The molecule has 0 fully saturated rings. The van der Waals surface area contributed by atoms with Crippen molar-refractivity contribution in [3.8, 4) is 0 Å². The van der Waals surface area contributed by atoms with E-state index in [9.17, 15) is 13.2 Å². The van der Waals surface area contributed by atoms with E-state index in [1.54, 1.807) is 0 Å². The summed E-state index contributed by atoms with van der Waals surface area (Å²) >= 11 is 3.42. The monoisotopic (exact) mass is 323 g/mol. The molecule has 0 saturated carbocycles. The first-order chi connectivity index (χ1) is 8.42. The maximum absolute atomic E-state index is 12.2. The lowest BCUT2D eigenvalue weighted by Gasteiger charge is -2.19. The van der Waals surface area contributed by atoms with E-state index in [1.165, 1.54) is 0 Å². The number of hydrogen-bond acceptors (Lipinski definition) is 1. The third-order valence-corrected chi connectivity index (χ3v) is 3.47. The Morgan fingerprint density at radius 2 is 1.94 bits per heavy atom. The minimum absolute atomic E-state index is 0.110. The van der Waals surface area contributed by atoms with Gasteiger partial charge in [-0.05, 0) is 31.0 Å². The lowest BCUT2D eigenvalue weighted by atomic mass is 10.0. The Kier molecular flexibility index (Phi) is 6.15. The standard InChI is InChI=1S/C13H17BrF3N/c1-2-18-11(7-8-13(15,16)17)9-10-5-3-4-6-12(10)14/h3-6,11,18H,2,7-9H2,1H3. The molecule has 1 aromatic rings. The molecule has 1 nitrogen and oxygen atoms in total. The highest BCUT2D eigenvalue weighted by atomic mass is 79.9. The molecule has 0 saturated heterocycles. The van der Waals surface area contributed by atoms with E-state index in [4.69, 9.17) is 0 Å². The molecule has 0 radical (unpaired) electrons. The minimum atomic E-state index is -4.08. The predicted molar refractivity (Wildman–Crippen MR) is 70.6 cm³/mol. The van der Waals surface area contributed by atoms with Gasteiger partial charge < -0.3 is 5.32 Å². The van der Waals surface area contributed by atoms with Gasteiger partial charge >= 0.3 is 6.18 Å². The quantitative estimate of drug-likeness (QED) is 0.822. The molecule has 0 aromatic heterocycles. The third kappa shape index (κ3) is 5.87. The van der Waals surface area contributed by atoms with Crippen LogP contribution in [0.3, 0.4) is 0 Å². The van der Waals surface area contributed by atoms with E-state index in [-0.39, 0.29) is 12.5 Å². The van der Waals surface area contributed by atoms with Crippen molar-refractivity contribution in [2.24, 2.45) is 0 Å². The van der Waals surface area contributed by atoms with Gasteiger partial charge in [0.05, 0.1) is 0 Å². The largest absolute Gasteiger partial charge is 0.389 e. The second-order valence-corrected chi connectivity index (χ2v) is 5.06. The van der Waals surface area contributed by atoms with Gasteiger partial charge in [0, 0.05) is 16.9 Å². The van der Waals surface area contributed by atoms with E-state index in [1.807, 2.05) is 31.2 Å². The maximum Gasteiger partial charge on any atom is 0.389 e. The Morgan fingerprint density at radius 3 is 2.50 bits per heavy atom. The molecule has 1 rings (SSSR count). The Bertz CT molecular complexity index is 365. The summed E-state index contributed by atoms with van der Waals surface area (Å²) in [5.41, 5.74) is 1.03. The zero-order valence-electron chi connectivity index (χ0n) is 10.2. The van der Waals surface area contributed by atoms with Crippen LogP contribution in [-0.2, 0) is 6.42 Å². The summed E-state index contributed by atoms with van der Waals surface area (Å²) in [7, 11) is 0. The molecule has 0 aliphatic rings. The first-order valence-electron chi connectivity index (χ1n) is 5.96. The molecular weight excluding hydrogens is 307 g/mol. The van der Waals surface area contributed by atoms with Crippen LogP contribution in [0, 0.1) is 0 Å². The Morgan fingerprint density at radius 1 is 1.28 bits per heavy atom. The fourth-order valence-electron chi connectivity index (χ4n) is 1.83. The molecule has 0 spiro atoms. The lowest BCUT2D eigenvalue weighted by molar-refractivity contribution is -0.136. The van der Waals surface area contributed by atoms with Gasteiger partial charge in [-0.25, -0.2) is 0 Å². The zero-order chi connectivity index (χ0) is 13.6. The van der Waals surface area contributed by atoms with Crippen LogP contribution in [0.15, 0.2) is 28.7 Å². The molecule has 1 unspecified atom stereocenters. The summed E-state index contributed by atoms with van der Waals surface area (Å²) < 4.78 is 37.7. The summed E-state index contributed by atoms with van der Waals surface area (Å²) in [6.45, 7) is 2.58. The van der Waals surface area contributed by atoms with Crippen molar-refractivity contribution in [1.29, 1.82) is 0 Å². The maximum atomic E-state index is 12.2. The average molecular weight is 324 g/mol. The second-order valence-electron chi connectivity index (χ2n) is 4.20. The van der Waals surface area contributed by atoms with Crippen molar-refractivity contribution in [3.63, 3.8) is 0 Å². The van der Waals surface area contributed by atoms with Crippen molar-refractivity contribution in [1.82, 2.24) is 5.32 Å². The number of nitrogens with one attached hydrogen (secondary N) is 1. The van der Waals surface area contributed by atoms with E-state index < -0.39 is 12.6 Å². The molecule has 18 heavy (non-hydrogen) atoms. The highest BCUT2D eigenvalue weighted by molar-refractivity contribution is 9.10. The molecule has 5 heteroatoms. The number of hydrogen-bond donors (Lipinski definition) is 1. The van der Waals surface area contributed by atoms with Crippen molar-refractivity contribution in [3.05, 3.63) is 34.3 Å². The van der Waals surface area contributed by atoms with E-state index in [2.05, 4.69) is 21.2 Å². The highest BCUT2D eigenvalue weighted by Crippen LogP contribution is 2.24. The lowest BCUT2D eigenvalue weighted by Crippen LogP contribution is -2.32. The minimum Gasteiger partial charge on any atom is -0.314 e. The molecule has 1 N–H and O–H groups in total. The summed E-state index contributed by atoms with van der Waals surface area (Å²) in [5, 5.41) is 3.11. The fourth-order valence-corrected chi connectivity index (χ4v) is 2.28.